The molecule has 0 radical (unpaired) electrons. The van der Waals surface area contributed by atoms with Gasteiger partial charge in [-0.05, 0) is 42.8 Å². The molecule has 1 N–H and O–H groups in total. The third-order valence-corrected chi connectivity index (χ3v) is 5.55. The number of nitrogens with one attached hydrogen (secondary N) is 1. The van der Waals surface area contributed by atoms with E-state index < -0.39 is 10.0 Å². The van der Waals surface area contributed by atoms with Crippen molar-refractivity contribution in [2.45, 2.75) is 17.7 Å². The van der Waals surface area contributed by atoms with Gasteiger partial charge < -0.3 is 4.90 Å². The summed E-state index contributed by atoms with van der Waals surface area (Å²) in [5, 5.41) is 0. The molecule has 5 nitrogen and oxygen atoms in total. The maximum absolute atomic E-state index is 12.5. The molecule has 0 spiro atoms. The summed E-state index contributed by atoms with van der Waals surface area (Å²) in [5.41, 5.74) is 1.00. The number of para-hydroxylation sites is 2. The molecule has 1 saturated heterocycles. The summed E-state index contributed by atoms with van der Waals surface area (Å²) in [6.07, 6.45) is 1.28. The molecule has 23 heavy (non-hydrogen) atoms. The molecule has 3 rings (SSSR count). The van der Waals surface area contributed by atoms with E-state index in [1.807, 2.05) is 0 Å². The molecule has 120 valence electrons. The molecule has 0 aliphatic carbocycles. The van der Waals surface area contributed by atoms with Gasteiger partial charge >= 0.3 is 0 Å². The second-order valence-electron chi connectivity index (χ2n) is 5.23. The van der Waals surface area contributed by atoms with Crippen molar-refractivity contribution in [1.82, 2.24) is 0 Å². The van der Waals surface area contributed by atoms with Gasteiger partial charge in [0.25, 0.3) is 10.0 Å². The normalized spacial score (nSPS) is 15.0. The van der Waals surface area contributed by atoms with Crippen molar-refractivity contribution in [2.75, 3.05) is 16.2 Å². The zero-order valence-corrected chi connectivity index (χ0v) is 14.6. The summed E-state index contributed by atoms with van der Waals surface area (Å²) in [7, 11) is -3.71. The largest absolute Gasteiger partial charge is 0.310 e. The van der Waals surface area contributed by atoms with E-state index >= 15 is 0 Å². The summed E-state index contributed by atoms with van der Waals surface area (Å²) in [5.74, 6) is 0.0142. The molecular formula is C16H15BrN2O3S. The van der Waals surface area contributed by atoms with Crippen LogP contribution in [0.25, 0.3) is 0 Å². The Labute approximate surface area is 143 Å². The van der Waals surface area contributed by atoms with Gasteiger partial charge in [0, 0.05) is 17.4 Å². The molecule has 1 fully saturated rings. The minimum absolute atomic E-state index is 0.0142. The van der Waals surface area contributed by atoms with Crippen LogP contribution in [0.4, 0.5) is 11.4 Å². The molecule has 2 aromatic carbocycles. The van der Waals surface area contributed by atoms with E-state index in [1.165, 1.54) is 12.1 Å². The molecule has 0 aromatic heterocycles. The summed E-state index contributed by atoms with van der Waals surface area (Å²) in [4.78, 5) is 13.7. The van der Waals surface area contributed by atoms with Crippen molar-refractivity contribution in [1.29, 1.82) is 0 Å². The Bertz CT molecular complexity index is 835. The van der Waals surface area contributed by atoms with Crippen LogP contribution in [0.15, 0.2) is 57.9 Å². The van der Waals surface area contributed by atoms with Gasteiger partial charge in [-0.1, -0.05) is 28.1 Å². The number of anilines is 2. The van der Waals surface area contributed by atoms with Crippen molar-refractivity contribution in [2.24, 2.45) is 0 Å². The van der Waals surface area contributed by atoms with Crippen LogP contribution >= 0.6 is 15.9 Å². The van der Waals surface area contributed by atoms with Crippen LogP contribution in [0.5, 0.6) is 0 Å². The zero-order valence-electron chi connectivity index (χ0n) is 12.2. The van der Waals surface area contributed by atoms with E-state index in [4.69, 9.17) is 0 Å². The third-order valence-electron chi connectivity index (χ3n) is 3.64. The lowest BCUT2D eigenvalue weighted by Crippen LogP contribution is -2.25. The smallest absolute Gasteiger partial charge is 0.261 e. The van der Waals surface area contributed by atoms with Gasteiger partial charge in [-0.2, -0.15) is 0 Å². The number of amides is 1. The first-order chi connectivity index (χ1) is 11.0. The van der Waals surface area contributed by atoms with Gasteiger partial charge in [0.05, 0.1) is 16.3 Å². The number of halogens is 1. The van der Waals surface area contributed by atoms with Crippen LogP contribution in [0.3, 0.4) is 0 Å². The number of hydrogen-bond acceptors (Lipinski definition) is 3. The second-order valence-corrected chi connectivity index (χ2v) is 7.82. The highest BCUT2D eigenvalue weighted by molar-refractivity contribution is 9.10. The van der Waals surface area contributed by atoms with Crippen molar-refractivity contribution >= 4 is 43.2 Å². The van der Waals surface area contributed by atoms with Gasteiger partial charge in [0.1, 0.15) is 0 Å². The van der Waals surface area contributed by atoms with Gasteiger partial charge in [-0.3, -0.25) is 9.52 Å². The number of carbonyl (C=O) groups excluding carboxylic acids is 1. The fraction of sp³-hybridized carbons (Fsp3) is 0.188. The van der Waals surface area contributed by atoms with Crippen molar-refractivity contribution in [3.8, 4) is 0 Å². The van der Waals surface area contributed by atoms with Crippen LogP contribution in [-0.4, -0.2) is 20.9 Å². The lowest BCUT2D eigenvalue weighted by atomic mass is 10.2. The van der Waals surface area contributed by atoms with Crippen LogP contribution in [-0.2, 0) is 14.8 Å². The Morgan fingerprint density at radius 2 is 1.74 bits per heavy atom. The number of nitrogens with zero attached hydrogens (tertiary/aromatic N) is 1. The molecule has 2 aromatic rings. The Hall–Kier alpha value is -1.86. The van der Waals surface area contributed by atoms with E-state index in [1.54, 1.807) is 41.3 Å². The maximum atomic E-state index is 12.5. The zero-order chi connectivity index (χ0) is 16.4. The average Bonchev–Trinajstić information content (AvgIpc) is 2.94. The predicted molar refractivity (Wildman–Crippen MR) is 93.0 cm³/mol. The third kappa shape index (κ3) is 3.40. The molecule has 1 aliphatic heterocycles. The van der Waals surface area contributed by atoms with Gasteiger partial charge in [-0.25, -0.2) is 8.42 Å². The highest BCUT2D eigenvalue weighted by Gasteiger charge is 2.25. The number of hydrogen-bond donors (Lipinski definition) is 1. The summed E-state index contributed by atoms with van der Waals surface area (Å²) >= 11 is 3.28. The van der Waals surface area contributed by atoms with E-state index in [0.29, 0.717) is 24.3 Å². The molecular weight excluding hydrogens is 380 g/mol. The molecule has 0 unspecified atom stereocenters. The SMILES string of the molecule is O=C1CCCN1c1ccccc1NS(=O)(=O)c1ccc(Br)cc1. The highest BCUT2D eigenvalue weighted by Crippen LogP contribution is 2.31. The molecule has 0 saturated carbocycles. The number of rotatable bonds is 4. The van der Waals surface area contributed by atoms with Crippen LogP contribution < -0.4 is 9.62 Å². The second kappa shape index (κ2) is 6.33. The Morgan fingerprint density at radius 1 is 1.04 bits per heavy atom. The number of carbonyl (C=O) groups is 1. The number of benzene rings is 2. The fourth-order valence-corrected chi connectivity index (χ4v) is 3.85. The van der Waals surface area contributed by atoms with Gasteiger partial charge in [-0.15, -0.1) is 0 Å². The van der Waals surface area contributed by atoms with Crippen molar-refractivity contribution in [3.05, 3.63) is 53.0 Å². The quantitative estimate of drug-likeness (QED) is 0.863. The monoisotopic (exact) mass is 394 g/mol. The first-order valence-electron chi connectivity index (χ1n) is 7.15. The lowest BCUT2D eigenvalue weighted by Gasteiger charge is -2.20. The topological polar surface area (TPSA) is 66.5 Å². The van der Waals surface area contributed by atoms with E-state index in [2.05, 4.69) is 20.7 Å². The molecule has 0 bridgehead atoms. The highest BCUT2D eigenvalue weighted by atomic mass is 79.9. The van der Waals surface area contributed by atoms with Crippen molar-refractivity contribution < 1.29 is 13.2 Å². The standard InChI is InChI=1S/C16H15BrN2O3S/c17-12-7-9-13(10-8-12)23(21,22)18-14-4-1-2-5-15(14)19-11-3-6-16(19)20/h1-2,4-5,7-10,18H,3,6,11H2. The lowest BCUT2D eigenvalue weighted by molar-refractivity contribution is -0.117. The molecule has 1 aliphatic rings. The minimum Gasteiger partial charge on any atom is -0.310 e. The Morgan fingerprint density at radius 3 is 2.39 bits per heavy atom. The predicted octanol–water partition coefficient (Wildman–Crippen LogP) is 3.38. The van der Waals surface area contributed by atoms with E-state index in [9.17, 15) is 13.2 Å². The Kier molecular flexibility index (Phi) is 4.41. The summed E-state index contributed by atoms with van der Waals surface area (Å²) in [6, 6.07) is 13.3. The van der Waals surface area contributed by atoms with Gasteiger partial charge in [0.2, 0.25) is 5.91 Å². The first-order valence-corrected chi connectivity index (χ1v) is 9.43. The maximum Gasteiger partial charge on any atom is 0.261 e. The number of sulfonamides is 1. The van der Waals surface area contributed by atoms with E-state index in [-0.39, 0.29) is 10.8 Å². The Balaban J connectivity index is 1.94. The molecule has 1 amide bonds. The van der Waals surface area contributed by atoms with Gasteiger partial charge in [0.15, 0.2) is 0 Å². The summed E-state index contributed by atoms with van der Waals surface area (Å²) in [6.45, 7) is 0.607. The molecule has 1 heterocycles. The van der Waals surface area contributed by atoms with E-state index in [0.717, 1.165) is 10.9 Å². The minimum atomic E-state index is -3.71. The fourth-order valence-electron chi connectivity index (χ4n) is 2.52. The van der Waals surface area contributed by atoms with Crippen LogP contribution in [0, 0.1) is 0 Å². The summed E-state index contributed by atoms with van der Waals surface area (Å²) < 4.78 is 28.5. The first kappa shape index (κ1) is 16.0. The molecule has 7 heteroatoms. The van der Waals surface area contributed by atoms with Crippen LogP contribution in [0.1, 0.15) is 12.8 Å². The van der Waals surface area contributed by atoms with Crippen LogP contribution in [0.2, 0.25) is 0 Å². The molecule has 0 atom stereocenters. The average molecular weight is 395 g/mol. The van der Waals surface area contributed by atoms with Crippen molar-refractivity contribution in [3.63, 3.8) is 0 Å².